The van der Waals surface area contributed by atoms with Gasteiger partial charge in [-0.2, -0.15) is 20.6 Å². The Morgan fingerprint density at radius 3 is 2.06 bits per heavy atom. The first-order chi connectivity index (χ1) is 37.8. The standard InChI is InChI=1S/C23H24N4OS.C19H18N4O3.C18H20N4O/c1-5-26(6-2)23(28)17-14-18(20-12-9-13-29-20)24-22-21(17)16(4)25-27(22)19-11-8-7-10-15(19)3;1-12-17-14(19(24)26-3)11-15(13-7-4-5-8-16(13)25-2)21-18(17)23(22-12)10-6-9-20;1-4-19-18(23)14-10-16(13-8-6-5-7-9-13)21-17-15(14)11-20-22(17)12(2)3/h7-14H,5-6H2,1-4H3;4-5,7-8,11H,6,10H2,1-3H3;5-12H,4H2,1-3H3,(H,19,23). The zero-order chi connectivity index (χ0) is 55.6. The van der Waals surface area contributed by atoms with Crippen LogP contribution in [0.1, 0.15) is 95.1 Å². The lowest BCUT2D eigenvalue weighted by atomic mass is 10.0. The van der Waals surface area contributed by atoms with E-state index in [4.69, 9.17) is 34.8 Å². The Bertz CT molecular complexity index is 3810. The van der Waals surface area contributed by atoms with Gasteiger partial charge in [0.05, 0.1) is 111 Å². The number of amides is 2. The third kappa shape index (κ3) is 11.4. The fraction of sp³-hybridized carbons (Fsp3) is 0.267. The van der Waals surface area contributed by atoms with Gasteiger partial charge in [0.1, 0.15) is 5.75 Å². The van der Waals surface area contributed by atoms with Crippen molar-refractivity contribution in [2.45, 2.75) is 74.4 Å². The molecule has 7 heterocycles. The molecular formula is C60H62N12O5S. The maximum Gasteiger partial charge on any atom is 0.338 e. The van der Waals surface area contributed by atoms with Crippen LogP contribution in [0.2, 0.25) is 0 Å². The molecule has 0 aliphatic heterocycles. The number of nitrogens with one attached hydrogen (secondary N) is 1. The normalized spacial score (nSPS) is 10.9. The Kier molecular flexibility index (Phi) is 17.5. The topological polar surface area (TPSA) is 201 Å². The molecule has 0 bridgehead atoms. The van der Waals surface area contributed by atoms with Gasteiger partial charge in [0.15, 0.2) is 16.9 Å². The predicted octanol–water partition coefficient (Wildman–Crippen LogP) is 11.8. The van der Waals surface area contributed by atoms with Crippen LogP contribution in [-0.4, -0.2) is 101 Å². The molecule has 18 heteroatoms. The molecule has 0 atom stereocenters. The van der Waals surface area contributed by atoms with Crippen molar-refractivity contribution in [1.29, 1.82) is 5.26 Å². The minimum Gasteiger partial charge on any atom is -0.496 e. The minimum atomic E-state index is -0.462. The average molecular weight is 1060 g/mol. The third-order valence-electron chi connectivity index (χ3n) is 13.0. The van der Waals surface area contributed by atoms with Crippen LogP contribution in [-0.2, 0) is 11.3 Å². The molecule has 0 fully saturated rings. The summed E-state index contributed by atoms with van der Waals surface area (Å²) in [7, 11) is 2.92. The maximum absolute atomic E-state index is 13.4. The number of carbonyl (C=O) groups excluding carboxylic acids is 3. The van der Waals surface area contributed by atoms with Gasteiger partial charge in [0.25, 0.3) is 11.8 Å². The molecule has 17 nitrogen and oxygen atoms in total. The first-order valence-electron chi connectivity index (χ1n) is 25.7. The van der Waals surface area contributed by atoms with E-state index in [-0.39, 0.29) is 17.9 Å². The number of rotatable bonds is 14. The first-order valence-corrected chi connectivity index (χ1v) is 26.6. The van der Waals surface area contributed by atoms with Gasteiger partial charge in [-0.15, -0.1) is 11.3 Å². The van der Waals surface area contributed by atoms with E-state index in [2.05, 4.69) is 48.4 Å². The number of aryl methyl sites for hydroxylation is 4. The van der Waals surface area contributed by atoms with Gasteiger partial charge >= 0.3 is 5.97 Å². The Morgan fingerprint density at radius 2 is 1.40 bits per heavy atom. The van der Waals surface area contributed by atoms with E-state index in [1.165, 1.54) is 7.11 Å². The van der Waals surface area contributed by atoms with Crippen LogP contribution >= 0.6 is 11.3 Å². The lowest BCUT2D eigenvalue weighted by molar-refractivity contribution is 0.0602. The minimum absolute atomic E-state index is 0.0210. The molecule has 3 aromatic carbocycles. The van der Waals surface area contributed by atoms with Crippen molar-refractivity contribution in [2.24, 2.45) is 0 Å². The van der Waals surface area contributed by atoms with Gasteiger partial charge in [-0.3, -0.25) is 9.59 Å². The van der Waals surface area contributed by atoms with Crippen molar-refractivity contribution in [1.82, 2.24) is 54.5 Å². The van der Waals surface area contributed by atoms with Crippen LogP contribution in [0.25, 0.3) is 71.9 Å². The summed E-state index contributed by atoms with van der Waals surface area (Å²) in [6.45, 7) is 18.1. The predicted molar refractivity (Wildman–Crippen MR) is 306 cm³/mol. The van der Waals surface area contributed by atoms with Crippen molar-refractivity contribution in [3.8, 4) is 50.6 Å². The molecule has 0 unspecified atom stereocenters. The average Bonchev–Trinajstić information content (AvgIpc) is 4.32. The van der Waals surface area contributed by atoms with Crippen LogP contribution < -0.4 is 10.1 Å². The van der Waals surface area contributed by atoms with E-state index in [0.29, 0.717) is 77.5 Å². The quantitative estimate of drug-likeness (QED) is 0.101. The SMILES string of the molecule is CCN(CC)C(=O)c1cc(-c2cccs2)nc2c1c(C)nn2-c1ccccc1C.CCNC(=O)c1cc(-c2ccccc2)nc2c1cnn2C(C)C.COC(=O)c1cc(-c2ccccc2OC)nc2c1c(C)nn2CCC#N. The molecule has 10 aromatic rings. The maximum atomic E-state index is 13.4. The lowest BCUT2D eigenvalue weighted by Gasteiger charge is -2.19. The number of ether oxygens (including phenoxy) is 2. The summed E-state index contributed by atoms with van der Waals surface area (Å²) in [5, 5.41) is 29.7. The van der Waals surface area contributed by atoms with Gasteiger partial charge in [0, 0.05) is 36.8 Å². The van der Waals surface area contributed by atoms with Crippen molar-refractivity contribution in [2.75, 3.05) is 33.9 Å². The van der Waals surface area contributed by atoms with Gasteiger partial charge in [-0.1, -0.05) is 66.7 Å². The second-order valence-electron chi connectivity index (χ2n) is 18.4. The molecule has 10 rings (SSSR count). The molecule has 0 saturated carbocycles. The van der Waals surface area contributed by atoms with Crippen molar-refractivity contribution < 1.29 is 23.9 Å². The van der Waals surface area contributed by atoms with E-state index in [9.17, 15) is 14.4 Å². The van der Waals surface area contributed by atoms with E-state index in [1.54, 1.807) is 35.4 Å². The van der Waals surface area contributed by atoms with Crippen LogP contribution in [0.4, 0.5) is 0 Å². The number of hydrogen-bond donors (Lipinski definition) is 1. The second kappa shape index (κ2) is 24.7. The van der Waals surface area contributed by atoms with Crippen LogP contribution in [0.15, 0.2) is 121 Å². The fourth-order valence-electron chi connectivity index (χ4n) is 9.19. The highest BCUT2D eigenvalue weighted by atomic mass is 32.1. The van der Waals surface area contributed by atoms with Crippen molar-refractivity contribution in [3.63, 3.8) is 0 Å². The number of benzene rings is 3. The number of thiophene rings is 1. The number of esters is 1. The molecule has 0 aliphatic rings. The second-order valence-corrected chi connectivity index (χ2v) is 19.3. The molecule has 7 aromatic heterocycles. The van der Waals surface area contributed by atoms with Gasteiger partial charge in [-0.05, 0) is 109 Å². The van der Waals surface area contributed by atoms with Crippen molar-refractivity contribution >= 4 is 62.2 Å². The zero-order valence-electron chi connectivity index (χ0n) is 45.5. The molecular weight excluding hydrogens is 1000 g/mol. The summed E-state index contributed by atoms with van der Waals surface area (Å²) in [5.74, 6) is 0.111. The number of aromatic nitrogens is 9. The molecule has 0 saturated heterocycles. The molecule has 398 valence electrons. The number of methoxy groups -OCH3 is 2. The molecule has 0 aliphatic carbocycles. The number of nitriles is 1. The van der Waals surface area contributed by atoms with Crippen LogP contribution in [0, 0.1) is 32.1 Å². The monoisotopic (exact) mass is 1060 g/mol. The molecule has 1 N–H and O–H groups in total. The Labute approximate surface area is 457 Å². The highest BCUT2D eigenvalue weighted by Crippen LogP contribution is 2.35. The summed E-state index contributed by atoms with van der Waals surface area (Å²) >= 11 is 1.62. The summed E-state index contributed by atoms with van der Waals surface area (Å²) in [6, 6.07) is 37.2. The van der Waals surface area contributed by atoms with Crippen LogP contribution in [0.5, 0.6) is 5.75 Å². The number of nitrogens with zero attached hydrogens (tertiary/aromatic N) is 11. The van der Waals surface area contributed by atoms with E-state index in [1.807, 2.05) is 151 Å². The Balaban J connectivity index is 0.000000155. The summed E-state index contributed by atoms with van der Waals surface area (Å²) < 4.78 is 15.7. The number of fused-ring (bicyclic) bond motifs is 3. The summed E-state index contributed by atoms with van der Waals surface area (Å²) in [5.41, 5.74) is 11.1. The lowest BCUT2D eigenvalue weighted by Crippen LogP contribution is -2.30. The van der Waals surface area contributed by atoms with Gasteiger partial charge in [0.2, 0.25) is 0 Å². The highest BCUT2D eigenvalue weighted by molar-refractivity contribution is 7.13. The summed E-state index contributed by atoms with van der Waals surface area (Å²) in [4.78, 5) is 55.5. The highest BCUT2D eigenvalue weighted by Gasteiger charge is 2.25. The van der Waals surface area contributed by atoms with E-state index >= 15 is 0 Å². The third-order valence-corrected chi connectivity index (χ3v) is 13.9. The van der Waals surface area contributed by atoms with Gasteiger partial charge < -0.3 is 19.7 Å². The van der Waals surface area contributed by atoms with E-state index < -0.39 is 5.97 Å². The molecule has 78 heavy (non-hydrogen) atoms. The summed E-state index contributed by atoms with van der Waals surface area (Å²) in [6.07, 6.45) is 2.02. The van der Waals surface area contributed by atoms with E-state index in [0.717, 1.165) is 66.4 Å². The number of hydrogen-bond acceptors (Lipinski definition) is 13. The van der Waals surface area contributed by atoms with Crippen molar-refractivity contribution in [3.05, 3.63) is 154 Å². The first kappa shape index (κ1) is 55.2. The zero-order valence-corrected chi connectivity index (χ0v) is 46.3. The largest absolute Gasteiger partial charge is 0.496 e. The molecule has 0 spiro atoms. The van der Waals surface area contributed by atoms with Gasteiger partial charge in [-0.25, -0.2) is 33.8 Å². The molecule has 0 radical (unpaired) electrons. The Morgan fingerprint density at radius 1 is 0.744 bits per heavy atom. The molecule has 2 amide bonds. The smallest absolute Gasteiger partial charge is 0.338 e. The number of para-hydroxylation sites is 2. The number of carbonyl (C=O) groups is 3. The number of pyridine rings is 3. The Hall–Kier alpha value is -9.08. The van der Waals surface area contributed by atoms with Crippen LogP contribution in [0.3, 0.4) is 0 Å². The fourth-order valence-corrected chi connectivity index (χ4v) is 9.87.